The summed E-state index contributed by atoms with van der Waals surface area (Å²) in [5.74, 6) is 0.677. The van der Waals surface area contributed by atoms with Crippen molar-refractivity contribution in [2.24, 2.45) is 16.6 Å². The summed E-state index contributed by atoms with van der Waals surface area (Å²) in [4.78, 5) is 5.27. The second-order valence-electron chi connectivity index (χ2n) is 7.12. The maximum Gasteiger partial charge on any atom is 0.387 e. The molecule has 30 heavy (non-hydrogen) atoms. The molecule has 166 valence electrons. The van der Waals surface area contributed by atoms with Crippen LogP contribution in [0, 0.1) is 17.4 Å². The fourth-order valence-electron chi connectivity index (χ4n) is 2.87. The van der Waals surface area contributed by atoms with Crippen LogP contribution in [0.1, 0.15) is 31.2 Å². The molecule has 0 radical (unpaired) electrons. The van der Waals surface area contributed by atoms with E-state index in [0.717, 1.165) is 18.4 Å². The van der Waals surface area contributed by atoms with Gasteiger partial charge in [-0.05, 0) is 42.4 Å². The third kappa shape index (κ3) is 7.31. The molecular formula is C20H28F2N4O4. The Labute approximate surface area is 175 Å². The molecule has 1 aromatic rings. The van der Waals surface area contributed by atoms with Gasteiger partial charge in [-0.3, -0.25) is 0 Å². The van der Waals surface area contributed by atoms with E-state index in [2.05, 4.69) is 9.73 Å². The molecule has 0 amide bonds. The second-order valence-corrected chi connectivity index (χ2v) is 7.12. The quantitative estimate of drug-likeness (QED) is 0.237. The number of methoxy groups -OCH3 is 2. The fourth-order valence-corrected chi connectivity index (χ4v) is 2.87. The Morgan fingerprint density at radius 2 is 1.97 bits per heavy atom. The van der Waals surface area contributed by atoms with Crippen LogP contribution in [0.4, 0.5) is 8.78 Å². The molecule has 0 saturated heterocycles. The molecule has 2 N–H and O–H groups in total. The number of nitriles is 1. The summed E-state index contributed by atoms with van der Waals surface area (Å²) in [7, 11) is 3.00. The molecule has 0 aliphatic heterocycles. The van der Waals surface area contributed by atoms with Crippen LogP contribution in [0.5, 0.6) is 11.5 Å². The second kappa shape index (κ2) is 11.5. The number of alkyl halides is 2. The smallest absolute Gasteiger partial charge is 0.387 e. The molecule has 1 aliphatic rings. The van der Waals surface area contributed by atoms with Crippen molar-refractivity contribution in [2.75, 3.05) is 33.9 Å². The van der Waals surface area contributed by atoms with Crippen LogP contribution < -0.4 is 15.2 Å². The van der Waals surface area contributed by atoms with Gasteiger partial charge < -0.3 is 29.6 Å². The van der Waals surface area contributed by atoms with Gasteiger partial charge in [-0.1, -0.05) is 13.0 Å². The van der Waals surface area contributed by atoms with E-state index in [1.54, 1.807) is 23.2 Å². The lowest BCUT2D eigenvalue weighted by Crippen LogP contribution is -2.44. The van der Waals surface area contributed by atoms with Gasteiger partial charge in [-0.2, -0.15) is 14.0 Å². The molecule has 2 rings (SSSR count). The van der Waals surface area contributed by atoms with Crippen LogP contribution in [-0.2, 0) is 9.47 Å². The average Bonchev–Trinajstić information content (AvgIpc) is 3.54. The van der Waals surface area contributed by atoms with Crippen molar-refractivity contribution in [1.82, 2.24) is 4.90 Å². The first-order chi connectivity index (χ1) is 14.4. The van der Waals surface area contributed by atoms with E-state index in [1.807, 2.05) is 6.92 Å². The van der Waals surface area contributed by atoms with Crippen molar-refractivity contribution >= 4 is 5.96 Å². The van der Waals surface area contributed by atoms with Crippen molar-refractivity contribution in [1.29, 1.82) is 5.26 Å². The number of nitrogens with zero attached hydrogens (tertiary/aromatic N) is 3. The van der Waals surface area contributed by atoms with Crippen molar-refractivity contribution < 1.29 is 27.7 Å². The minimum Gasteiger partial charge on any atom is -0.489 e. The summed E-state index contributed by atoms with van der Waals surface area (Å²) in [6.07, 6.45) is 3.26. The van der Waals surface area contributed by atoms with Gasteiger partial charge >= 0.3 is 6.61 Å². The number of rotatable bonds is 12. The molecule has 1 saturated carbocycles. The highest BCUT2D eigenvalue weighted by Crippen LogP contribution is 2.35. The number of ether oxygens (including phenoxy) is 4. The Bertz CT molecular complexity index is 749. The molecule has 0 heterocycles. The molecule has 0 bridgehead atoms. The fraction of sp³-hybridized carbons (Fsp3) is 0.600. The van der Waals surface area contributed by atoms with Crippen LogP contribution in [0.25, 0.3) is 0 Å². The van der Waals surface area contributed by atoms with Gasteiger partial charge in [-0.15, -0.1) is 4.99 Å². The lowest BCUT2D eigenvalue weighted by atomic mass is 10.00. The van der Waals surface area contributed by atoms with Crippen molar-refractivity contribution in [3.63, 3.8) is 0 Å². The molecule has 10 heteroatoms. The van der Waals surface area contributed by atoms with E-state index in [1.165, 1.54) is 20.3 Å². The molecule has 0 spiro atoms. The first-order valence-electron chi connectivity index (χ1n) is 9.62. The lowest BCUT2D eigenvalue weighted by Gasteiger charge is -2.29. The standard InChI is InChI=1S/C20H28F2N4O4/c1-13(9-26(20(24)25-12-23)10-18(27-2)28-3)15-6-7-16(30-19(21)22)17(8-15)29-11-14-4-5-14/h6-8,13-14,18-19H,4-5,9-11H2,1-3H3,(H2,24,25). The van der Waals surface area contributed by atoms with Gasteiger partial charge in [0.2, 0.25) is 12.2 Å². The molecule has 1 fully saturated rings. The summed E-state index contributed by atoms with van der Waals surface area (Å²) >= 11 is 0. The van der Waals surface area contributed by atoms with Gasteiger partial charge in [0.25, 0.3) is 0 Å². The number of aliphatic imine (C=N–C) groups is 1. The summed E-state index contributed by atoms with van der Waals surface area (Å²) in [6, 6.07) is 4.88. The number of hydrogen-bond acceptors (Lipinski definition) is 6. The molecule has 1 atom stereocenters. The van der Waals surface area contributed by atoms with E-state index in [-0.39, 0.29) is 29.9 Å². The number of guanidine groups is 1. The predicted molar refractivity (Wildman–Crippen MR) is 106 cm³/mol. The van der Waals surface area contributed by atoms with E-state index in [4.69, 9.17) is 25.2 Å². The normalized spacial score (nSPS) is 15.2. The highest BCUT2D eigenvalue weighted by Gasteiger charge is 2.24. The minimum absolute atomic E-state index is 0.00263. The molecule has 1 aliphatic carbocycles. The van der Waals surface area contributed by atoms with Crippen molar-refractivity contribution in [3.8, 4) is 17.7 Å². The monoisotopic (exact) mass is 426 g/mol. The lowest BCUT2D eigenvalue weighted by molar-refractivity contribution is -0.109. The van der Waals surface area contributed by atoms with E-state index >= 15 is 0 Å². The Balaban J connectivity index is 2.18. The van der Waals surface area contributed by atoms with Gasteiger partial charge in [0.1, 0.15) is 0 Å². The Kier molecular flexibility index (Phi) is 9.08. The first-order valence-corrected chi connectivity index (χ1v) is 9.62. The summed E-state index contributed by atoms with van der Waals surface area (Å²) < 4.78 is 46.2. The zero-order valence-electron chi connectivity index (χ0n) is 17.4. The Morgan fingerprint density at radius 1 is 1.27 bits per heavy atom. The SMILES string of the molecule is COC(CN(CC(C)c1ccc(OC(F)F)c(OCC2CC2)c1)C(N)=NC#N)OC. The molecule has 1 aromatic carbocycles. The Hall–Kier alpha value is -2.64. The number of nitrogens with two attached hydrogens (primary N) is 1. The summed E-state index contributed by atoms with van der Waals surface area (Å²) in [5.41, 5.74) is 6.76. The Morgan fingerprint density at radius 3 is 2.53 bits per heavy atom. The zero-order chi connectivity index (χ0) is 22.1. The third-order valence-corrected chi connectivity index (χ3v) is 4.80. The van der Waals surface area contributed by atoms with Crippen LogP contribution in [0.2, 0.25) is 0 Å². The van der Waals surface area contributed by atoms with Gasteiger partial charge in [0, 0.05) is 20.8 Å². The van der Waals surface area contributed by atoms with Gasteiger partial charge in [-0.25, -0.2) is 0 Å². The predicted octanol–water partition coefficient (Wildman–Crippen LogP) is 2.90. The highest BCUT2D eigenvalue weighted by atomic mass is 19.3. The maximum atomic E-state index is 12.7. The average molecular weight is 426 g/mol. The van der Waals surface area contributed by atoms with E-state index in [0.29, 0.717) is 19.1 Å². The van der Waals surface area contributed by atoms with E-state index < -0.39 is 12.9 Å². The first kappa shape index (κ1) is 23.6. The summed E-state index contributed by atoms with van der Waals surface area (Å²) in [6.45, 7) is 0.112. The third-order valence-electron chi connectivity index (χ3n) is 4.80. The van der Waals surface area contributed by atoms with Gasteiger partial charge in [0.15, 0.2) is 17.8 Å². The number of halogens is 2. The molecule has 1 unspecified atom stereocenters. The van der Waals surface area contributed by atoms with Crippen LogP contribution in [0.15, 0.2) is 23.2 Å². The highest BCUT2D eigenvalue weighted by molar-refractivity contribution is 5.79. The van der Waals surface area contributed by atoms with Crippen LogP contribution in [0.3, 0.4) is 0 Å². The molecule has 8 nitrogen and oxygen atoms in total. The largest absolute Gasteiger partial charge is 0.489 e. The molecular weight excluding hydrogens is 398 g/mol. The topological polar surface area (TPSA) is 102 Å². The maximum absolute atomic E-state index is 12.7. The minimum atomic E-state index is -2.94. The van der Waals surface area contributed by atoms with Crippen LogP contribution >= 0.6 is 0 Å². The zero-order valence-corrected chi connectivity index (χ0v) is 17.4. The van der Waals surface area contributed by atoms with Gasteiger partial charge in [0.05, 0.1) is 13.2 Å². The number of benzene rings is 1. The van der Waals surface area contributed by atoms with E-state index in [9.17, 15) is 8.78 Å². The van der Waals surface area contributed by atoms with Crippen LogP contribution in [-0.4, -0.2) is 57.7 Å². The number of hydrogen-bond donors (Lipinski definition) is 1. The molecule has 0 aromatic heterocycles. The van der Waals surface area contributed by atoms with Crippen molar-refractivity contribution in [3.05, 3.63) is 23.8 Å². The van der Waals surface area contributed by atoms with Crippen molar-refractivity contribution in [2.45, 2.75) is 38.6 Å². The summed E-state index contributed by atoms with van der Waals surface area (Å²) in [5, 5.41) is 8.83.